The molecule has 1 aromatic rings. The normalized spacial score (nSPS) is 34.2. The molecule has 0 spiro atoms. The van der Waals surface area contributed by atoms with Crippen LogP contribution < -0.4 is 0 Å². The van der Waals surface area contributed by atoms with Gasteiger partial charge in [0.15, 0.2) is 0 Å². The minimum Gasteiger partial charge on any atom is -0.382 e. The second-order valence-corrected chi connectivity index (χ2v) is 5.47. The molecule has 2 aliphatic rings. The Kier molecular flexibility index (Phi) is 3.56. The van der Waals surface area contributed by atoms with Crippen molar-refractivity contribution >= 4 is 0 Å². The van der Waals surface area contributed by atoms with E-state index in [0.29, 0.717) is 32.3 Å². The van der Waals surface area contributed by atoms with Gasteiger partial charge in [0.25, 0.3) is 0 Å². The molecule has 3 nitrogen and oxygen atoms in total. The van der Waals surface area contributed by atoms with Gasteiger partial charge in [-0.15, -0.1) is 0 Å². The van der Waals surface area contributed by atoms with Crippen LogP contribution >= 0.6 is 0 Å². The lowest BCUT2D eigenvalue weighted by Crippen LogP contribution is -2.48. The summed E-state index contributed by atoms with van der Waals surface area (Å²) in [6.45, 7) is 2.31. The molecule has 0 amide bonds. The molecule has 0 N–H and O–H groups in total. The van der Waals surface area contributed by atoms with Gasteiger partial charge in [-0.1, -0.05) is 18.2 Å². The molecule has 3 rings (SSSR count). The summed E-state index contributed by atoms with van der Waals surface area (Å²) < 4.78 is 30.8. The quantitative estimate of drug-likeness (QED) is 0.839. The number of hydrogen-bond donors (Lipinski definition) is 0. The highest BCUT2D eigenvalue weighted by Gasteiger charge is 2.50. The minimum absolute atomic E-state index is 0.0941. The molecule has 0 bridgehead atoms. The summed E-state index contributed by atoms with van der Waals surface area (Å²) in [4.78, 5) is 0. The van der Waals surface area contributed by atoms with Gasteiger partial charge in [0.05, 0.1) is 37.9 Å². The standard InChI is InChI=1S/C15H19FO3/c1-17-8-12-6-11-7-18-9-15(11,10-19-12)13-4-2-3-5-14(13)16/h2-5,11-12H,6-10H2,1H3/t11-,12+,15+/m0/s1. The third-order valence-electron chi connectivity index (χ3n) is 4.35. The lowest BCUT2D eigenvalue weighted by molar-refractivity contribution is -0.0773. The number of hydrogen-bond acceptors (Lipinski definition) is 3. The average molecular weight is 266 g/mol. The predicted molar refractivity (Wildman–Crippen MR) is 68.6 cm³/mol. The van der Waals surface area contributed by atoms with Gasteiger partial charge < -0.3 is 14.2 Å². The Morgan fingerprint density at radius 3 is 3.00 bits per heavy atom. The van der Waals surface area contributed by atoms with Crippen molar-refractivity contribution in [2.75, 3.05) is 33.5 Å². The molecule has 104 valence electrons. The van der Waals surface area contributed by atoms with Crippen LogP contribution in [0.3, 0.4) is 0 Å². The van der Waals surface area contributed by atoms with Gasteiger partial charge in [-0.25, -0.2) is 4.39 Å². The Bertz CT molecular complexity index is 451. The topological polar surface area (TPSA) is 27.7 Å². The molecule has 2 heterocycles. The fourth-order valence-electron chi connectivity index (χ4n) is 3.31. The van der Waals surface area contributed by atoms with Crippen molar-refractivity contribution in [3.05, 3.63) is 35.6 Å². The maximum Gasteiger partial charge on any atom is 0.127 e. The van der Waals surface area contributed by atoms with Crippen LogP contribution in [0.4, 0.5) is 4.39 Å². The van der Waals surface area contributed by atoms with Crippen LogP contribution in [0.15, 0.2) is 24.3 Å². The fraction of sp³-hybridized carbons (Fsp3) is 0.600. The van der Waals surface area contributed by atoms with E-state index in [1.54, 1.807) is 13.2 Å². The molecule has 19 heavy (non-hydrogen) atoms. The van der Waals surface area contributed by atoms with E-state index in [1.807, 2.05) is 12.1 Å². The molecular formula is C15H19FO3. The smallest absolute Gasteiger partial charge is 0.127 e. The lowest BCUT2D eigenvalue weighted by Gasteiger charge is -2.41. The van der Waals surface area contributed by atoms with Gasteiger partial charge in [0.2, 0.25) is 0 Å². The first-order chi connectivity index (χ1) is 9.26. The van der Waals surface area contributed by atoms with E-state index < -0.39 is 0 Å². The maximum atomic E-state index is 14.1. The number of rotatable bonds is 3. The SMILES string of the molecule is COC[C@H]1C[C@H]2COC[C@@]2(c2ccccc2F)CO1. The minimum atomic E-state index is -0.324. The van der Waals surface area contributed by atoms with E-state index in [4.69, 9.17) is 14.2 Å². The Balaban J connectivity index is 1.89. The molecule has 2 fully saturated rings. The lowest BCUT2D eigenvalue weighted by atomic mass is 9.69. The van der Waals surface area contributed by atoms with Gasteiger partial charge in [0.1, 0.15) is 5.82 Å². The van der Waals surface area contributed by atoms with Crippen molar-refractivity contribution in [3.8, 4) is 0 Å². The zero-order chi connectivity index (χ0) is 13.3. The molecule has 0 radical (unpaired) electrons. The number of ether oxygens (including phenoxy) is 3. The van der Waals surface area contributed by atoms with Gasteiger partial charge in [-0.05, 0) is 24.0 Å². The van der Waals surface area contributed by atoms with Crippen molar-refractivity contribution < 1.29 is 18.6 Å². The molecule has 2 aliphatic heterocycles. The van der Waals surface area contributed by atoms with E-state index in [0.717, 1.165) is 12.0 Å². The van der Waals surface area contributed by atoms with Gasteiger partial charge >= 0.3 is 0 Å². The largest absolute Gasteiger partial charge is 0.382 e. The highest BCUT2D eigenvalue weighted by molar-refractivity contribution is 5.30. The van der Waals surface area contributed by atoms with Crippen LogP contribution in [0.25, 0.3) is 0 Å². The van der Waals surface area contributed by atoms with Crippen molar-refractivity contribution in [2.45, 2.75) is 17.9 Å². The van der Waals surface area contributed by atoms with E-state index in [1.165, 1.54) is 6.07 Å². The fourth-order valence-corrected chi connectivity index (χ4v) is 3.31. The summed E-state index contributed by atoms with van der Waals surface area (Å²) in [5, 5.41) is 0. The summed E-state index contributed by atoms with van der Waals surface area (Å²) >= 11 is 0. The first-order valence-electron chi connectivity index (χ1n) is 6.69. The van der Waals surface area contributed by atoms with Crippen LogP contribution in [-0.2, 0) is 19.6 Å². The molecular weight excluding hydrogens is 247 g/mol. The monoisotopic (exact) mass is 266 g/mol. The Morgan fingerprint density at radius 1 is 1.37 bits per heavy atom. The van der Waals surface area contributed by atoms with Crippen molar-refractivity contribution in [2.24, 2.45) is 5.92 Å². The average Bonchev–Trinajstić information content (AvgIpc) is 2.83. The molecule has 2 saturated heterocycles. The second kappa shape index (κ2) is 5.19. The number of methoxy groups -OCH3 is 1. The maximum absolute atomic E-state index is 14.1. The van der Waals surface area contributed by atoms with Gasteiger partial charge in [-0.3, -0.25) is 0 Å². The Hall–Kier alpha value is -0.970. The molecule has 1 aromatic carbocycles. The summed E-state index contributed by atoms with van der Waals surface area (Å²) in [7, 11) is 1.67. The molecule has 4 heteroatoms. The van der Waals surface area contributed by atoms with Gasteiger partial charge in [-0.2, -0.15) is 0 Å². The van der Waals surface area contributed by atoms with E-state index >= 15 is 0 Å². The number of benzene rings is 1. The van der Waals surface area contributed by atoms with Crippen LogP contribution in [0, 0.1) is 11.7 Å². The summed E-state index contributed by atoms with van der Waals surface area (Å²) in [5.41, 5.74) is 0.406. The third kappa shape index (κ3) is 2.18. The first kappa shape index (κ1) is 13.0. The van der Waals surface area contributed by atoms with E-state index in [2.05, 4.69) is 0 Å². The van der Waals surface area contributed by atoms with E-state index in [9.17, 15) is 4.39 Å². The molecule has 0 unspecified atom stereocenters. The zero-order valence-corrected chi connectivity index (χ0v) is 11.1. The van der Waals surface area contributed by atoms with Crippen LogP contribution in [0.5, 0.6) is 0 Å². The highest BCUT2D eigenvalue weighted by atomic mass is 19.1. The number of fused-ring (bicyclic) bond motifs is 1. The molecule has 3 atom stereocenters. The second-order valence-electron chi connectivity index (χ2n) is 5.47. The van der Waals surface area contributed by atoms with Crippen molar-refractivity contribution in [1.82, 2.24) is 0 Å². The van der Waals surface area contributed by atoms with Crippen molar-refractivity contribution in [1.29, 1.82) is 0 Å². The summed E-state index contributed by atoms with van der Waals surface area (Å²) in [6, 6.07) is 6.97. The van der Waals surface area contributed by atoms with Crippen LogP contribution in [0.1, 0.15) is 12.0 Å². The van der Waals surface area contributed by atoms with Crippen molar-refractivity contribution in [3.63, 3.8) is 0 Å². The zero-order valence-electron chi connectivity index (χ0n) is 11.1. The summed E-state index contributed by atoms with van der Waals surface area (Å²) in [5.74, 6) is 0.144. The van der Waals surface area contributed by atoms with E-state index in [-0.39, 0.29) is 17.3 Å². The number of halogens is 1. The Labute approximate surface area is 112 Å². The van der Waals surface area contributed by atoms with Crippen LogP contribution in [0.2, 0.25) is 0 Å². The third-order valence-corrected chi connectivity index (χ3v) is 4.35. The Morgan fingerprint density at radius 2 is 2.21 bits per heavy atom. The predicted octanol–water partition coefficient (Wildman–Crippen LogP) is 2.15. The first-order valence-corrected chi connectivity index (χ1v) is 6.69. The molecule has 0 aliphatic carbocycles. The highest BCUT2D eigenvalue weighted by Crippen LogP contribution is 2.45. The van der Waals surface area contributed by atoms with Gasteiger partial charge in [0, 0.05) is 7.11 Å². The summed E-state index contributed by atoms with van der Waals surface area (Å²) in [6.07, 6.45) is 0.957. The molecule has 0 saturated carbocycles. The van der Waals surface area contributed by atoms with Crippen LogP contribution in [-0.4, -0.2) is 39.6 Å². The molecule has 0 aromatic heterocycles.